The SMILES string of the molecule is CCCN(CCC)Cc1c(O)cc(C)c2c1O/C(=C/c1ccccc1F)C2=O. The number of rotatable bonds is 7. The summed E-state index contributed by atoms with van der Waals surface area (Å²) in [5, 5.41) is 10.5. The zero-order valence-electron chi connectivity index (χ0n) is 16.6. The molecule has 4 nitrogen and oxygen atoms in total. The number of aryl methyl sites for hydroxylation is 1. The molecule has 0 spiro atoms. The van der Waals surface area contributed by atoms with Crippen molar-refractivity contribution < 1.29 is 19.0 Å². The lowest BCUT2D eigenvalue weighted by molar-refractivity contribution is 0.101. The van der Waals surface area contributed by atoms with Crippen LogP contribution in [0.1, 0.15) is 53.7 Å². The molecular weight excluding hydrogens is 357 g/mol. The Hall–Kier alpha value is -2.66. The molecule has 1 N–H and O–H groups in total. The number of halogens is 1. The van der Waals surface area contributed by atoms with Crippen molar-refractivity contribution >= 4 is 11.9 Å². The smallest absolute Gasteiger partial charge is 0.232 e. The van der Waals surface area contributed by atoms with Crippen LogP contribution < -0.4 is 4.74 Å². The average Bonchev–Trinajstić information content (AvgIpc) is 2.97. The van der Waals surface area contributed by atoms with Gasteiger partial charge in [-0.05, 0) is 56.6 Å². The molecule has 2 aromatic rings. The van der Waals surface area contributed by atoms with Gasteiger partial charge in [0.1, 0.15) is 17.3 Å². The molecule has 2 aromatic carbocycles. The Morgan fingerprint density at radius 3 is 2.50 bits per heavy atom. The molecule has 3 rings (SSSR count). The molecule has 0 aromatic heterocycles. The van der Waals surface area contributed by atoms with Crippen LogP contribution in [0.4, 0.5) is 4.39 Å². The first-order valence-corrected chi connectivity index (χ1v) is 9.72. The fourth-order valence-electron chi connectivity index (χ4n) is 3.59. The van der Waals surface area contributed by atoms with Gasteiger partial charge in [0.05, 0.1) is 11.1 Å². The normalized spacial score (nSPS) is 14.6. The molecule has 0 bridgehead atoms. The molecule has 0 saturated carbocycles. The van der Waals surface area contributed by atoms with Gasteiger partial charge < -0.3 is 9.84 Å². The van der Waals surface area contributed by atoms with E-state index in [0.29, 0.717) is 34.5 Å². The van der Waals surface area contributed by atoms with E-state index in [9.17, 15) is 14.3 Å². The molecule has 1 aliphatic rings. The minimum absolute atomic E-state index is 0.0765. The molecule has 1 aliphatic heterocycles. The first-order chi connectivity index (χ1) is 13.5. The summed E-state index contributed by atoms with van der Waals surface area (Å²) in [7, 11) is 0. The summed E-state index contributed by atoms with van der Waals surface area (Å²) in [4.78, 5) is 15.2. The standard InChI is InChI=1S/C23H26FNO3/c1-4-10-25(11-5-2)14-17-19(26)12-15(3)21-22(27)20(28-23(17)21)13-16-8-6-7-9-18(16)24/h6-9,12-13,26H,4-5,10-11,14H2,1-3H3/b20-13+. The predicted molar refractivity (Wildman–Crippen MR) is 108 cm³/mol. The van der Waals surface area contributed by atoms with Crippen LogP contribution in [-0.2, 0) is 6.54 Å². The number of ether oxygens (including phenoxy) is 1. The Labute approximate surface area is 165 Å². The molecule has 5 heteroatoms. The first kappa shape index (κ1) is 20.1. The number of carbonyl (C=O) groups is 1. The van der Waals surface area contributed by atoms with Gasteiger partial charge in [-0.15, -0.1) is 0 Å². The summed E-state index contributed by atoms with van der Waals surface area (Å²) in [6.45, 7) is 8.26. The zero-order valence-corrected chi connectivity index (χ0v) is 16.6. The number of nitrogens with zero attached hydrogens (tertiary/aromatic N) is 1. The number of phenols is 1. The lowest BCUT2D eigenvalue weighted by Gasteiger charge is -2.22. The Balaban J connectivity index is 2.01. The number of phenolic OH excluding ortho intramolecular Hbond substituents is 1. The molecule has 0 atom stereocenters. The molecule has 0 amide bonds. The van der Waals surface area contributed by atoms with Crippen molar-refractivity contribution in [1.29, 1.82) is 0 Å². The Bertz CT molecular complexity index is 914. The predicted octanol–water partition coefficient (Wildman–Crippen LogP) is 5.08. The topological polar surface area (TPSA) is 49.8 Å². The van der Waals surface area contributed by atoms with Crippen molar-refractivity contribution in [3.8, 4) is 11.5 Å². The van der Waals surface area contributed by atoms with Crippen molar-refractivity contribution in [2.45, 2.75) is 40.2 Å². The number of carbonyl (C=O) groups excluding carboxylic acids is 1. The molecule has 148 valence electrons. The van der Waals surface area contributed by atoms with Gasteiger partial charge in [-0.2, -0.15) is 0 Å². The van der Waals surface area contributed by atoms with E-state index < -0.39 is 5.82 Å². The Kier molecular flexibility index (Phi) is 6.15. The highest BCUT2D eigenvalue weighted by Crippen LogP contribution is 2.42. The Morgan fingerprint density at radius 2 is 1.86 bits per heavy atom. The van der Waals surface area contributed by atoms with Crippen molar-refractivity contribution in [3.63, 3.8) is 0 Å². The number of hydrogen-bond acceptors (Lipinski definition) is 4. The van der Waals surface area contributed by atoms with Crippen LogP contribution in [0.15, 0.2) is 36.1 Å². The highest BCUT2D eigenvalue weighted by atomic mass is 19.1. The van der Waals surface area contributed by atoms with Gasteiger partial charge in [-0.25, -0.2) is 4.39 Å². The van der Waals surface area contributed by atoms with Crippen LogP contribution in [0, 0.1) is 12.7 Å². The van der Waals surface area contributed by atoms with Gasteiger partial charge in [0.2, 0.25) is 5.78 Å². The first-order valence-electron chi connectivity index (χ1n) is 9.72. The van der Waals surface area contributed by atoms with Crippen molar-refractivity contribution in [2.75, 3.05) is 13.1 Å². The van der Waals surface area contributed by atoms with Crippen LogP contribution in [-0.4, -0.2) is 28.9 Å². The molecule has 0 saturated heterocycles. The minimum atomic E-state index is -0.417. The van der Waals surface area contributed by atoms with Crippen LogP contribution in [0.5, 0.6) is 11.5 Å². The second-order valence-corrected chi connectivity index (χ2v) is 7.13. The number of aromatic hydroxyl groups is 1. The number of benzene rings is 2. The van der Waals surface area contributed by atoms with Crippen LogP contribution in [0.3, 0.4) is 0 Å². The second-order valence-electron chi connectivity index (χ2n) is 7.13. The van der Waals surface area contributed by atoms with Crippen LogP contribution >= 0.6 is 0 Å². The number of Topliss-reactive ketones (excluding diaryl/α,β-unsaturated/α-hetero) is 1. The number of ketones is 1. The van der Waals surface area contributed by atoms with Crippen LogP contribution in [0.2, 0.25) is 0 Å². The van der Waals surface area contributed by atoms with Gasteiger partial charge in [0.25, 0.3) is 0 Å². The van der Waals surface area contributed by atoms with E-state index in [-0.39, 0.29) is 17.3 Å². The maximum Gasteiger partial charge on any atom is 0.232 e. The van der Waals surface area contributed by atoms with Gasteiger partial charge in [0, 0.05) is 12.1 Å². The fraction of sp³-hybridized carbons (Fsp3) is 0.348. The number of fused-ring (bicyclic) bond motifs is 1. The zero-order chi connectivity index (χ0) is 20.3. The van der Waals surface area contributed by atoms with E-state index in [0.717, 1.165) is 25.9 Å². The minimum Gasteiger partial charge on any atom is -0.507 e. The highest BCUT2D eigenvalue weighted by Gasteiger charge is 2.33. The van der Waals surface area contributed by atoms with E-state index in [2.05, 4.69) is 18.7 Å². The monoisotopic (exact) mass is 383 g/mol. The summed E-state index contributed by atoms with van der Waals surface area (Å²) in [6.07, 6.45) is 3.41. The highest BCUT2D eigenvalue weighted by molar-refractivity contribution is 6.15. The summed E-state index contributed by atoms with van der Waals surface area (Å²) in [5.74, 6) is -0.114. The molecule has 0 unspecified atom stereocenters. The van der Waals surface area contributed by atoms with E-state index in [4.69, 9.17) is 4.74 Å². The van der Waals surface area contributed by atoms with E-state index in [1.54, 1.807) is 31.2 Å². The fourth-order valence-corrected chi connectivity index (χ4v) is 3.59. The molecular formula is C23H26FNO3. The third-order valence-corrected chi connectivity index (χ3v) is 4.87. The molecule has 0 radical (unpaired) electrons. The maximum absolute atomic E-state index is 14.0. The molecule has 1 heterocycles. The molecule has 0 aliphatic carbocycles. The number of allylic oxidation sites excluding steroid dienone is 1. The molecule has 28 heavy (non-hydrogen) atoms. The van der Waals surface area contributed by atoms with Gasteiger partial charge in [-0.3, -0.25) is 9.69 Å². The number of hydrogen-bond donors (Lipinski definition) is 1. The van der Waals surface area contributed by atoms with Gasteiger partial charge in [-0.1, -0.05) is 32.0 Å². The average molecular weight is 383 g/mol. The lowest BCUT2D eigenvalue weighted by atomic mass is 9.99. The van der Waals surface area contributed by atoms with Crippen LogP contribution in [0.25, 0.3) is 6.08 Å². The largest absolute Gasteiger partial charge is 0.507 e. The quantitative estimate of drug-likeness (QED) is 0.678. The summed E-state index contributed by atoms with van der Waals surface area (Å²) in [6, 6.07) is 7.85. The third-order valence-electron chi connectivity index (χ3n) is 4.87. The lowest BCUT2D eigenvalue weighted by Crippen LogP contribution is -2.25. The van der Waals surface area contributed by atoms with Crippen molar-refractivity contribution in [1.82, 2.24) is 4.90 Å². The van der Waals surface area contributed by atoms with E-state index >= 15 is 0 Å². The van der Waals surface area contributed by atoms with E-state index in [1.807, 2.05) is 0 Å². The third kappa shape index (κ3) is 3.94. The summed E-state index contributed by atoms with van der Waals surface area (Å²) >= 11 is 0. The van der Waals surface area contributed by atoms with Crippen molar-refractivity contribution in [3.05, 3.63) is 64.2 Å². The maximum atomic E-state index is 14.0. The Morgan fingerprint density at radius 1 is 1.18 bits per heavy atom. The second kappa shape index (κ2) is 8.57. The van der Waals surface area contributed by atoms with E-state index in [1.165, 1.54) is 12.1 Å². The van der Waals surface area contributed by atoms with Gasteiger partial charge in [0.15, 0.2) is 5.76 Å². The summed E-state index contributed by atoms with van der Waals surface area (Å²) < 4.78 is 19.9. The van der Waals surface area contributed by atoms with Gasteiger partial charge >= 0.3 is 0 Å². The summed E-state index contributed by atoms with van der Waals surface area (Å²) in [5.41, 5.74) is 1.99. The molecule has 0 fully saturated rings. The van der Waals surface area contributed by atoms with Crippen molar-refractivity contribution in [2.24, 2.45) is 0 Å².